The van der Waals surface area contributed by atoms with E-state index in [2.05, 4.69) is 11.9 Å². The van der Waals surface area contributed by atoms with Gasteiger partial charge in [-0.15, -0.1) is 0 Å². The molecule has 0 aliphatic heterocycles. The van der Waals surface area contributed by atoms with E-state index < -0.39 is 0 Å². The first-order chi connectivity index (χ1) is 9.18. The van der Waals surface area contributed by atoms with Crippen LogP contribution in [-0.2, 0) is 7.05 Å². The van der Waals surface area contributed by atoms with Crippen molar-refractivity contribution in [3.63, 3.8) is 0 Å². The molecule has 100 valence electrons. The molecule has 2 heterocycles. The summed E-state index contributed by atoms with van der Waals surface area (Å²) in [7, 11) is 1.92. The molecular formula is C15H20N4. The average molecular weight is 256 g/mol. The van der Waals surface area contributed by atoms with Crippen LogP contribution in [0.5, 0.6) is 0 Å². The van der Waals surface area contributed by atoms with Crippen molar-refractivity contribution in [2.24, 2.45) is 13.0 Å². The molecule has 1 fully saturated rings. The third kappa shape index (κ3) is 2.01. The Bertz CT molecular complexity index is 573. The number of nitrogens with two attached hydrogens (primary N) is 1. The molecule has 0 aromatic carbocycles. The van der Waals surface area contributed by atoms with Gasteiger partial charge >= 0.3 is 0 Å². The number of nitrogens with zero attached hydrogens (tertiary/aromatic N) is 3. The number of pyridine rings is 1. The monoisotopic (exact) mass is 256 g/mol. The molecule has 1 aliphatic rings. The fourth-order valence-electron chi connectivity index (χ4n) is 3.18. The predicted octanol–water partition coefficient (Wildman–Crippen LogP) is 2.97. The van der Waals surface area contributed by atoms with Crippen LogP contribution in [0.2, 0.25) is 0 Å². The van der Waals surface area contributed by atoms with Crippen molar-refractivity contribution in [3.8, 4) is 11.1 Å². The highest BCUT2D eigenvalue weighted by Gasteiger charge is 2.31. The molecule has 3 rings (SSSR count). The number of hydrogen-bond donors (Lipinski definition) is 1. The largest absolute Gasteiger partial charge is 0.383 e. The molecule has 2 atom stereocenters. The lowest BCUT2D eigenvalue weighted by molar-refractivity contribution is 0.516. The Labute approximate surface area is 113 Å². The second kappa shape index (κ2) is 4.68. The lowest BCUT2D eigenvalue weighted by Crippen LogP contribution is -2.05. The van der Waals surface area contributed by atoms with Gasteiger partial charge < -0.3 is 5.73 Å². The van der Waals surface area contributed by atoms with Gasteiger partial charge in [0.1, 0.15) is 5.82 Å². The smallest absolute Gasteiger partial charge is 0.129 e. The second-order valence-corrected chi connectivity index (χ2v) is 5.52. The first kappa shape index (κ1) is 12.2. The molecule has 0 saturated heterocycles. The molecule has 2 aromatic rings. The Morgan fingerprint density at radius 3 is 2.63 bits per heavy atom. The molecule has 19 heavy (non-hydrogen) atoms. The van der Waals surface area contributed by atoms with E-state index in [0.29, 0.717) is 11.8 Å². The predicted molar refractivity (Wildman–Crippen MR) is 76.6 cm³/mol. The van der Waals surface area contributed by atoms with Crippen LogP contribution < -0.4 is 5.73 Å². The maximum absolute atomic E-state index is 6.23. The minimum Gasteiger partial charge on any atom is -0.383 e. The highest BCUT2D eigenvalue weighted by Crippen LogP contribution is 2.43. The first-order valence-electron chi connectivity index (χ1n) is 6.91. The Balaban J connectivity index is 2.13. The summed E-state index contributed by atoms with van der Waals surface area (Å²) in [4.78, 5) is 4.08. The van der Waals surface area contributed by atoms with E-state index in [1.165, 1.54) is 19.3 Å². The van der Waals surface area contributed by atoms with Crippen molar-refractivity contribution in [2.45, 2.75) is 32.1 Å². The molecule has 0 spiro atoms. The topological polar surface area (TPSA) is 56.7 Å². The number of anilines is 1. The molecule has 2 unspecified atom stereocenters. The van der Waals surface area contributed by atoms with Crippen LogP contribution >= 0.6 is 0 Å². The summed E-state index contributed by atoms with van der Waals surface area (Å²) >= 11 is 0. The number of aromatic nitrogens is 3. The van der Waals surface area contributed by atoms with E-state index in [0.717, 1.165) is 22.6 Å². The minimum absolute atomic E-state index is 0.534. The molecule has 0 bridgehead atoms. The number of nitrogen functional groups attached to an aromatic ring is 1. The van der Waals surface area contributed by atoms with Crippen molar-refractivity contribution in [3.05, 3.63) is 30.2 Å². The molecule has 2 aromatic heterocycles. The summed E-state index contributed by atoms with van der Waals surface area (Å²) in [5.74, 6) is 1.97. The standard InChI is InChI=1S/C15H20N4/c1-10-4-3-5-12(10)14-13(15(16)19(2)18-14)11-6-8-17-9-7-11/h6-10,12H,3-5,16H2,1-2H3. The third-order valence-electron chi connectivity index (χ3n) is 4.30. The van der Waals surface area contributed by atoms with Gasteiger partial charge in [0.15, 0.2) is 0 Å². The van der Waals surface area contributed by atoms with Crippen LogP contribution in [-0.4, -0.2) is 14.8 Å². The maximum Gasteiger partial charge on any atom is 0.129 e. The van der Waals surface area contributed by atoms with E-state index in [-0.39, 0.29) is 0 Å². The van der Waals surface area contributed by atoms with Crippen molar-refractivity contribution < 1.29 is 0 Å². The van der Waals surface area contributed by atoms with Crippen LogP contribution in [0.3, 0.4) is 0 Å². The third-order valence-corrected chi connectivity index (χ3v) is 4.30. The van der Waals surface area contributed by atoms with Crippen molar-refractivity contribution in [1.82, 2.24) is 14.8 Å². The van der Waals surface area contributed by atoms with Crippen LogP contribution in [0, 0.1) is 5.92 Å². The quantitative estimate of drug-likeness (QED) is 0.898. The first-order valence-corrected chi connectivity index (χ1v) is 6.91. The van der Waals surface area contributed by atoms with Crippen molar-refractivity contribution in [1.29, 1.82) is 0 Å². The molecule has 1 aliphatic carbocycles. The zero-order valence-electron chi connectivity index (χ0n) is 11.5. The van der Waals surface area contributed by atoms with Gasteiger partial charge in [0, 0.05) is 30.9 Å². The van der Waals surface area contributed by atoms with Gasteiger partial charge in [0.05, 0.1) is 5.69 Å². The molecule has 0 amide bonds. The van der Waals surface area contributed by atoms with E-state index >= 15 is 0 Å². The van der Waals surface area contributed by atoms with Crippen LogP contribution in [0.25, 0.3) is 11.1 Å². The molecule has 1 saturated carbocycles. The van der Waals surface area contributed by atoms with Gasteiger partial charge in [-0.1, -0.05) is 19.8 Å². The molecule has 4 heteroatoms. The van der Waals surface area contributed by atoms with Crippen LogP contribution in [0.1, 0.15) is 37.8 Å². The Hall–Kier alpha value is -1.84. The van der Waals surface area contributed by atoms with Crippen LogP contribution in [0.4, 0.5) is 5.82 Å². The molecule has 2 N–H and O–H groups in total. The van der Waals surface area contributed by atoms with Crippen LogP contribution in [0.15, 0.2) is 24.5 Å². The molecule has 0 radical (unpaired) electrons. The Kier molecular flexibility index (Phi) is 3.01. The zero-order valence-corrected chi connectivity index (χ0v) is 11.5. The van der Waals surface area contributed by atoms with Crippen molar-refractivity contribution in [2.75, 3.05) is 5.73 Å². The zero-order chi connectivity index (χ0) is 13.4. The second-order valence-electron chi connectivity index (χ2n) is 5.52. The SMILES string of the molecule is CC1CCCC1c1nn(C)c(N)c1-c1ccncc1. The normalized spacial score (nSPS) is 22.8. The summed E-state index contributed by atoms with van der Waals surface area (Å²) in [5.41, 5.74) is 9.61. The lowest BCUT2D eigenvalue weighted by Gasteiger charge is -2.14. The van der Waals surface area contributed by atoms with E-state index in [9.17, 15) is 0 Å². The fourth-order valence-corrected chi connectivity index (χ4v) is 3.18. The maximum atomic E-state index is 6.23. The summed E-state index contributed by atoms with van der Waals surface area (Å²) < 4.78 is 1.80. The van der Waals surface area contributed by atoms with Gasteiger partial charge in [-0.2, -0.15) is 5.10 Å². The van der Waals surface area contributed by atoms with Gasteiger partial charge in [-0.05, 0) is 30.0 Å². The van der Waals surface area contributed by atoms with E-state index in [1.54, 1.807) is 4.68 Å². The van der Waals surface area contributed by atoms with E-state index in [1.807, 2.05) is 31.6 Å². The Morgan fingerprint density at radius 1 is 1.26 bits per heavy atom. The highest BCUT2D eigenvalue weighted by molar-refractivity contribution is 5.77. The fraction of sp³-hybridized carbons (Fsp3) is 0.467. The van der Waals surface area contributed by atoms with Gasteiger partial charge in [-0.3, -0.25) is 9.67 Å². The van der Waals surface area contributed by atoms with Gasteiger partial charge in [-0.25, -0.2) is 0 Å². The number of aryl methyl sites for hydroxylation is 1. The van der Waals surface area contributed by atoms with Crippen molar-refractivity contribution >= 4 is 5.82 Å². The number of rotatable bonds is 2. The number of hydrogen-bond acceptors (Lipinski definition) is 3. The van der Waals surface area contributed by atoms with Gasteiger partial charge in [0.2, 0.25) is 0 Å². The minimum atomic E-state index is 0.534. The average Bonchev–Trinajstić information content (AvgIpc) is 2.96. The lowest BCUT2D eigenvalue weighted by atomic mass is 9.90. The molecule has 4 nitrogen and oxygen atoms in total. The summed E-state index contributed by atoms with van der Waals surface area (Å²) in [6.45, 7) is 2.32. The highest BCUT2D eigenvalue weighted by atomic mass is 15.3. The molecular weight excluding hydrogens is 236 g/mol. The van der Waals surface area contributed by atoms with E-state index in [4.69, 9.17) is 10.8 Å². The summed E-state index contributed by atoms with van der Waals surface area (Å²) in [6, 6.07) is 4.02. The summed E-state index contributed by atoms with van der Waals surface area (Å²) in [5, 5.41) is 4.69. The van der Waals surface area contributed by atoms with Gasteiger partial charge in [0.25, 0.3) is 0 Å². The summed E-state index contributed by atoms with van der Waals surface area (Å²) in [6.07, 6.45) is 7.41. The Morgan fingerprint density at radius 2 is 2.00 bits per heavy atom.